The Morgan fingerprint density at radius 1 is 1.09 bits per heavy atom. The number of benzene rings is 1. The molecule has 7 nitrogen and oxygen atoms in total. The average molecular weight is 455 g/mol. The van der Waals surface area contributed by atoms with Crippen LogP contribution < -0.4 is 0 Å². The number of hydrogen-bond acceptors (Lipinski definition) is 4. The number of nitriles is 1. The zero-order valence-electron chi connectivity index (χ0n) is 19.1. The maximum absolute atomic E-state index is 13.0. The second kappa shape index (κ2) is 9.72. The topological polar surface area (TPSA) is 86.4 Å². The number of sulfonamides is 1. The van der Waals surface area contributed by atoms with E-state index in [2.05, 4.69) is 11.5 Å². The van der Waals surface area contributed by atoms with E-state index in [1.54, 1.807) is 35.2 Å². The molecule has 0 spiro atoms. The minimum Gasteiger partial charge on any atom is -0.349 e. The van der Waals surface area contributed by atoms with Gasteiger partial charge in [-0.2, -0.15) is 9.57 Å². The van der Waals surface area contributed by atoms with Crippen molar-refractivity contribution < 1.29 is 13.2 Å². The smallest absolute Gasteiger partial charge is 0.264 e. The van der Waals surface area contributed by atoms with Crippen LogP contribution in [0.4, 0.5) is 0 Å². The fourth-order valence-corrected chi connectivity index (χ4v) is 5.42. The summed E-state index contributed by atoms with van der Waals surface area (Å²) in [6.45, 7) is 9.80. The maximum Gasteiger partial charge on any atom is 0.264 e. The number of amides is 1. The number of hydrogen-bond donors (Lipinski definition) is 0. The summed E-state index contributed by atoms with van der Waals surface area (Å²) in [6, 6.07) is 10.8. The van der Waals surface area contributed by atoms with Crippen molar-refractivity contribution in [1.82, 2.24) is 13.8 Å². The fraction of sp³-hybridized carbons (Fsp3) is 0.417. The van der Waals surface area contributed by atoms with E-state index in [1.165, 1.54) is 4.31 Å². The Hall–Kier alpha value is -2.89. The molecule has 1 aliphatic heterocycles. The van der Waals surface area contributed by atoms with Gasteiger partial charge < -0.3 is 9.47 Å². The molecule has 8 heteroatoms. The van der Waals surface area contributed by atoms with E-state index in [4.69, 9.17) is 0 Å². The average Bonchev–Trinajstić information content (AvgIpc) is 3.05. The Bertz CT molecular complexity index is 1160. The van der Waals surface area contributed by atoms with Crippen LogP contribution in [0.15, 0.2) is 40.8 Å². The van der Waals surface area contributed by atoms with Crippen LogP contribution in [0.25, 0.3) is 6.08 Å². The van der Waals surface area contributed by atoms with Crippen molar-refractivity contribution in [3.63, 3.8) is 0 Å². The van der Waals surface area contributed by atoms with E-state index in [1.807, 2.05) is 32.9 Å². The lowest BCUT2D eigenvalue weighted by Gasteiger charge is -2.33. The molecule has 0 N–H and O–H groups in total. The first-order valence-corrected chi connectivity index (χ1v) is 12.3. The third kappa shape index (κ3) is 4.79. The van der Waals surface area contributed by atoms with Gasteiger partial charge in [0.2, 0.25) is 10.0 Å². The summed E-state index contributed by atoms with van der Waals surface area (Å²) in [5, 5.41) is 9.63. The highest BCUT2D eigenvalue weighted by molar-refractivity contribution is 7.89. The lowest BCUT2D eigenvalue weighted by Crippen LogP contribution is -2.50. The Balaban J connectivity index is 1.73. The summed E-state index contributed by atoms with van der Waals surface area (Å²) in [5.74, 6) is -0.361. The molecule has 2 aromatic rings. The molecule has 2 heterocycles. The molecule has 1 aliphatic rings. The van der Waals surface area contributed by atoms with Crippen LogP contribution in [0.2, 0.25) is 0 Å². The molecule has 1 fully saturated rings. The van der Waals surface area contributed by atoms with Crippen LogP contribution in [0.3, 0.4) is 0 Å². The number of rotatable bonds is 6. The number of nitrogens with zero attached hydrogens (tertiary/aromatic N) is 4. The van der Waals surface area contributed by atoms with Gasteiger partial charge in [0.05, 0.1) is 4.90 Å². The van der Waals surface area contributed by atoms with E-state index in [-0.39, 0.29) is 42.6 Å². The van der Waals surface area contributed by atoms with Gasteiger partial charge in [0.1, 0.15) is 11.6 Å². The molecule has 32 heavy (non-hydrogen) atoms. The number of carbonyl (C=O) groups excluding carboxylic acids is 1. The van der Waals surface area contributed by atoms with Crippen molar-refractivity contribution in [2.75, 3.05) is 26.2 Å². The zero-order valence-corrected chi connectivity index (χ0v) is 19.9. The van der Waals surface area contributed by atoms with Gasteiger partial charge in [-0.25, -0.2) is 8.42 Å². The van der Waals surface area contributed by atoms with Crippen LogP contribution in [-0.4, -0.2) is 54.3 Å². The van der Waals surface area contributed by atoms with Crippen LogP contribution in [-0.2, 0) is 21.4 Å². The molecule has 170 valence electrons. The van der Waals surface area contributed by atoms with Gasteiger partial charge >= 0.3 is 0 Å². The van der Waals surface area contributed by atoms with Crippen molar-refractivity contribution >= 4 is 22.0 Å². The van der Waals surface area contributed by atoms with Crippen molar-refractivity contribution in [3.05, 3.63) is 58.4 Å². The van der Waals surface area contributed by atoms with Crippen molar-refractivity contribution in [2.45, 2.75) is 45.6 Å². The molecule has 1 amide bonds. The van der Waals surface area contributed by atoms with Gasteiger partial charge in [-0.05, 0) is 57.0 Å². The first-order valence-electron chi connectivity index (χ1n) is 10.8. The van der Waals surface area contributed by atoms with Gasteiger partial charge in [0, 0.05) is 44.1 Å². The molecular formula is C24H30N4O3S. The predicted octanol–water partition coefficient (Wildman–Crippen LogP) is 3.26. The van der Waals surface area contributed by atoms with Crippen LogP contribution in [0.1, 0.15) is 35.9 Å². The van der Waals surface area contributed by atoms with Gasteiger partial charge in [-0.3, -0.25) is 4.79 Å². The maximum atomic E-state index is 13.0. The number of piperazine rings is 1. The van der Waals surface area contributed by atoms with E-state index < -0.39 is 10.0 Å². The minimum atomic E-state index is -3.60. The quantitative estimate of drug-likeness (QED) is 0.495. The molecule has 0 unspecified atom stereocenters. The van der Waals surface area contributed by atoms with Crippen molar-refractivity contribution in [2.24, 2.45) is 0 Å². The first kappa shape index (κ1) is 23.8. The van der Waals surface area contributed by atoms with Crippen LogP contribution in [0, 0.1) is 32.1 Å². The SMILES string of the molecule is CCCn1c(C)cc(/C=C(\C#N)C(=O)N2CCN(S(=O)(=O)c3ccc(C)cc3)CC2)c1C. The number of aryl methyl sites for hydroxylation is 2. The molecule has 0 atom stereocenters. The summed E-state index contributed by atoms with van der Waals surface area (Å²) in [5.41, 5.74) is 4.04. The summed E-state index contributed by atoms with van der Waals surface area (Å²) in [6.07, 6.45) is 2.64. The van der Waals surface area contributed by atoms with Crippen molar-refractivity contribution in [3.8, 4) is 6.07 Å². The normalized spacial score (nSPS) is 15.6. The molecule has 0 bridgehead atoms. The Morgan fingerprint density at radius 3 is 2.28 bits per heavy atom. The molecule has 1 aromatic carbocycles. The van der Waals surface area contributed by atoms with Gasteiger partial charge in [0.15, 0.2) is 0 Å². The summed E-state index contributed by atoms with van der Waals surface area (Å²) in [4.78, 5) is 14.8. The highest BCUT2D eigenvalue weighted by Gasteiger charge is 2.31. The number of carbonyl (C=O) groups is 1. The second-order valence-corrected chi connectivity index (χ2v) is 10.1. The lowest BCUT2D eigenvalue weighted by molar-refractivity contribution is -0.127. The fourth-order valence-electron chi connectivity index (χ4n) is 4.00. The molecule has 0 aliphatic carbocycles. The standard InChI is InChI=1S/C24H30N4O3S/c1-5-10-28-19(3)15-21(20(28)4)16-22(17-25)24(29)26-11-13-27(14-12-26)32(30,31)23-8-6-18(2)7-9-23/h6-9,15-16H,5,10-14H2,1-4H3/b22-16+. The number of aromatic nitrogens is 1. The first-order chi connectivity index (χ1) is 15.2. The van der Waals surface area contributed by atoms with E-state index in [9.17, 15) is 18.5 Å². The Labute approximate surface area is 190 Å². The monoisotopic (exact) mass is 454 g/mol. The highest BCUT2D eigenvalue weighted by Crippen LogP contribution is 2.21. The van der Waals surface area contributed by atoms with E-state index in [0.29, 0.717) is 0 Å². The van der Waals surface area contributed by atoms with E-state index >= 15 is 0 Å². The summed E-state index contributed by atoms with van der Waals surface area (Å²) in [7, 11) is -3.60. The molecule has 1 aromatic heterocycles. The second-order valence-electron chi connectivity index (χ2n) is 8.16. The lowest BCUT2D eigenvalue weighted by atomic mass is 10.1. The third-order valence-electron chi connectivity index (χ3n) is 5.90. The summed E-state index contributed by atoms with van der Waals surface area (Å²) >= 11 is 0. The molecular weight excluding hydrogens is 424 g/mol. The molecule has 3 rings (SSSR count). The molecule has 0 radical (unpaired) electrons. The highest BCUT2D eigenvalue weighted by atomic mass is 32.2. The third-order valence-corrected chi connectivity index (χ3v) is 7.81. The molecule has 0 saturated carbocycles. The van der Waals surface area contributed by atoms with Crippen LogP contribution in [0.5, 0.6) is 0 Å². The largest absolute Gasteiger partial charge is 0.349 e. The van der Waals surface area contributed by atoms with Gasteiger partial charge in [-0.1, -0.05) is 24.6 Å². The predicted molar refractivity (Wildman–Crippen MR) is 124 cm³/mol. The van der Waals surface area contributed by atoms with Crippen molar-refractivity contribution in [1.29, 1.82) is 5.26 Å². The Kier molecular flexibility index (Phi) is 7.22. The minimum absolute atomic E-state index is 0.0663. The molecule has 1 saturated heterocycles. The Morgan fingerprint density at radius 2 is 1.72 bits per heavy atom. The van der Waals surface area contributed by atoms with E-state index in [0.717, 1.165) is 35.5 Å². The van der Waals surface area contributed by atoms with Gasteiger partial charge in [0.25, 0.3) is 5.91 Å². The van der Waals surface area contributed by atoms with Gasteiger partial charge in [-0.15, -0.1) is 0 Å². The summed E-state index contributed by atoms with van der Waals surface area (Å²) < 4.78 is 29.4. The van der Waals surface area contributed by atoms with Crippen LogP contribution >= 0.6 is 0 Å². The zero-order chi connectivity index (χ0) is 23.5.